The second kappa shape index (κ2) is 1.18. The van der Waals surface area contributed by atoms with Crippen LogP contribution in [0.5, 0.6) is 0 Å². The highest BCUT2D eigenvalue weighted by Gasteiger charge is 2.16. The molecule has 2 rings (SSSR count). The van der Waals surface area contributed by atoms with Crippen LogP contribution >= 0.6 is 0 Å². The van der Waals surface area contributed by atoms with Crippen LogP contribution in [0.3, 0.4) is 0 Å². The molecule has 1 aromatic heterocycles. The minimum absolute atomic E-state index is 0.948. The molecule has 2 heterocycles. The van der Waals surface area contributed by atoms with E-state index in [4.69, 9.17) is 0 Å². The molecule has 0 fully saturated rings. The second-order valence-corrected chi connectivity index (χ2v) is 1.73. The molecule has 1 aliphatic heterocycles. The van der Waals surface area contributed by atoms with Crippen LogP contribution in [-0.2, 0) is 6.42 Å². The molecule has 3 nitrogen and oxygen atoms in total. The van der Waals surface area contributed by atoms with Gasteiger partial charge in [-0.15, -0.1) is 0 Å². The molecule has 1 aromatic rings. The summed E-state index contributed by atoms with van der Waals surface area (Å²) in [5.74, 6) is 0. The molecule has 0 saturated heterocycles. The molecule has 0 N–H and O–H groups in total. The SMILES string of the molecule is C1=C[n+]2nocc2C1. The van der Waals surface area contributed by atoms with Crippen LogP contribution in [0, 0.1) is 0 Å². The van der Waals surface area contributed by atoms with Gasteiger partial charge in [0.05, 0.1) is 6.42 Å². The van der Waals surface area contributed by atoms with Gasteiger partial charge in [0, 0.05) is 0 Å². The molecule has 0 amide bonds. The van der Waals surface area contributed by atoms with E-state index in [1.54, 1.807) is 10.9 Å². The van der Waals surface area contributed by atoms with Crippen LogP contribution in [-0.4, -0.2) is 5.27 Å². The van der Waals surface area contributed by atoms with E-state index in [0.29, 0.717) is 0 Å². The summed E-state index contributed by atoms with van der Waals surface area (Å²) < 4.78 is 6.37. The van der Waals surface area contributed by atoms with Crippen molar-refractivity contribution in [3.8, 4) is 0 Å². The van der Waals surface area contributed by atoms with Gasteiger partial charge in [0.15, 0.2) is 6.26 Å². The number of hydrogen-bond acceptors (Lipinski definition) is 2. The molecule has 0 unspecified atom stereocenters. The Hall–Kier alpha value is -1.12. The smallest absolute Gasteiger partial charge is 0.259 e. The molecule has 1 aliphatic rings. The van der Waals surface area contributed by atoms with E-state index in [9.17, 15) is 0 Å². The molecule has 40 valence electrons. The Balaban J connectivity index is 2.67. The highest BCUT2D eigenvalue weighted by atomic mass is 16.5. The van der Waals surface area contributed by atoms with Crippen LogP contribution in [0.25, 0.3) is 6.20 Å². The van der Waals surface area contributed by atoms with Crippen molar-refractivity contribution in [1.82, 2.24) is 5.27 Å². The lowest BCUT2D eigenvalue weighted by Crippen LogP contribution is -2.28. The van der Waals surface area contributed by atoms with Crippen LogP contribution in [0.1, 0.15) is 5.69 Å². The zero-order chi connectivity index (χ0) is 5.40. The minimum Gasteiger partial charge on any atom is -0.308 e. The maximum absolute atomic E-state index is 4.65. The van der Waals surface area contributed by atoms with E-state index in [1.807, 2.05) is 12.3 Å². The summed E-state index contributed by atoms with van der Waals surface area (Å²) in [6.07, 6.45) is 6.53. The summed E-state index contributed by atoms with van der Waals surface area (Å²) in [4.78, 5) is 0. The number of nitrogens with zero attached hydrogens (tertiary/aromatic N) is 2. The molecule has 0 saturated carbocycles. The predicted octanol–water partition coefficient (Wildman–Crippen LogP) is -0.0111. The zero-order valence-corrected chi connectivity index (χ0v) is 4.24. The molecule has 0 radical (unpaired) electrons. The Kier molecular flexibility index (Phi) is 0.566. The van der Waals surface area contributed by atoms with Crippen molar-refractivity contribution in [3.63, 3.8) is 0 Å². The van der Waals surface area contributed by atoms with Crippen molar-refractivity contribution in [2.75, 3.05) is 0 Å². The monoisotopic (exact) mass is 109 g/mol. The fraction of sp³-hybridized carbons (Fsp3) is 0.200. The summed E-state index contributed by atoms with van der Waals surface area (Å²) in [7, 11) is 0. The molecule has 0 bridgehead atoms. The van der Waals surface area contributed by atoms with Gasteiger partial charge in [0.1, 0.15) is 0 Å². The molecular weight excluding hydrogens is 104 g/mol. The fourth-order valence-corrected chi connectivity index (χ4v) is 0.780. The normalized spacial score (nSPS) is 14.5. The summed E-state index contributed by atoms with van der Waals surface area (Å²) in [5.41, 5.74) is 1.12. The highest BCUT2D eigenvalue weighted by molar-refractivity contribution is 5.15. The quantitative estimate of drug-likeness (QED) is 0.438. The van der Waals surface area contributed by atoms with E-state index in [0.717, 1.165) is 12.1 Å². The Bertz CT molecular complexity index is 226. The van der Waals surface area contributed by atoms with Crippen molar-refractivity contribution in [3.05, 3.63) is 18.0 Å². The van der Waals surface area contributed by atoms with Gasteiger partial charge in [0.25, 0.3) is 5.69 Å². The molecule has 0 aromatic carbocycles. The van der Waals surface area contributed by atoms with Crippen molar-refractivity contribution in [1.29, 1.82) is 0 Å². The van der Waals surface area contributed by atoms with E-state index < -0.39 is 0 Å². The number of aromatic nitrogens is 2. The maximum atomic E-state index is 4.65. The van der Waals surface area contributed by atoms with Gasteiger partial charge >= 0.3 is 0 Å². The van der Waals surface area contributed by atoms with Gasteiger partial charge in [0.2, 0.25) is 11.5 Å². The van der Waals surface area contributed by atoms with Crippen LogP contribution in [0.15, 0.2) is 16.9 Å². The van der Waals surface area contributed by atoms with Crippen LogP contribution < -0.4 is 4.68 Å². The summed E-state index contributed by atoms with van der Waals surface area (Å²) >= 11 is 0. The van der Waals surface area contributed by atoms with Gasteiger partial charge in [-0.1, -0.05) is 0 Å². The predicted molar refractivity (Wildman–Crippen MR) is 25.7 cm³/mol. The van der Waals surface area contributed by atoms with Crippen molar-refractivity contribution in [2.45, 2.75) is 6.42 Å². The van der Waals surface area contributed by atoms with Crippen molar-refractivity contribution in [2.24, 2.45) is 0 Å². The first-order valence-electron chi connectivity index (χ1n) is 2.48. The molecule has 8 heavy (non-hydrogen) atoms. The van der Waals surface area contributed by atoms with E-state index in [2.05, 4.69) is 9.79 Å². The lowest BCUT2D eigenvalue weighted by atomic mass is 10.4. The third-order valence-electron chi connectivity index (χ3n) is 1.19. The Morgan fingerprint density at radius 3 is 3.62 bits per heavy atom. The van der Waals surface area contributed by atoms with Gasteiger partial charge in [-0.2, -0.15) is 0 Å². The number of allylic oxidation sites excluding steroid dienone is 1. The lowest BCUT2D eigenvalue weighted by Gasteiger charge is -1.65. The standard InChI is InChI=1S/C5H5N2O/c1-2-5-4-8-6-7(5)3-1/h1,3-4H,2H2/q+1. The minimum atomic E-state index is 0.948. The maximum Gasteiger partial charge on any atom is 0.259 e. The molecule has 0 atom stereocenters. The summed E-state index contributed by atoms with van der Waals surface area (Å²) in [5, 5.41) is 3.65. The van der Waals surface area contributed by atoms with Gasteiger partial charge in [-0.3, -0.25) is 0 Å². The average molecular weight is 109 g/mol. The molecule has 0 aliphatic carbocycles. The van der Waals surface area contributed by atoms with Gasteiger partial charge in [-0.05, 0) is 10.8 Å². The first kappa shape index (κ1) is 3.83. The number of hydrogen-bond donors (Lipinski definition) is 0. The number of fused-ring (bicyclic) bond motifs is 1. The average Bonchev–Trinajstić information content (AvgIpc) is 2.15. The Morgan fingerprint density at radius 1 is 1.75 bits per heavy atom. The van der Waals surface area contributed by atoms with E-state index in [-0.39, 0.29) is 0 Å². The summed E-state index contributed by atoms with van der Waals surface area (Å²) in [6, 6.07) is 0. The van der Waals surface area contributed by atoms with Crippen LogP contribution in [0.4, 0.5) is 0 Å². The third-order valence-corrected chi connectivity index (χ3v) is 1.19. The molecule has 0 spiro atoms. The zero-order valence-electron chi connectivity index (χ0n) is 4.24. The van der Waals surface area contributed by atoms with Crippen molar-refractivity contribution < 1.29 is 9.20 Å². The fourth-order valence-electron chi connectivity index (χ4n) is 0.780. The van der Waals surface area contributed by atoms with E-state index in [1.165, 1.54) is 0 Å². The third kappa shape index (κ3) is 0.332. The Morgan fingerprint density at radius 2 is 2.75 bits per heavy atom. The van der Waals surface area contributed by atoms with E-state index >= 15 is 0 Å². The second-order valence-electron chi connectivity index (χ2n) is 1.73. The first-order valence-corrected chi connectivity index (χ1v) is 2.48. The lowest BCUT2D eigenvalue weighted by molar-refractivity contribution is -0.648. The first-order chi connectivity index (χ1) is 3.97. The van der Waals surface area contributed by atoms with Gasteiger partial charge in [-0.25, -0.2) is 0 Å². The summed E-state index contributed by atoms with van der Waals surface area (Å²) in [6.45, 7) is 0. The largest absolute Gasteiger partial charge is 0.308 e. The van der Waals surface area contributed by atoms with Gasteiger partial charge < -0.3 is 4.52 Å². The Labute approximate surface area is 46.2 Å². The highest BCUT2D eigenvalue weighted by Crippen LogP contribution is 1.98. The molecular formula is C5H5N2O+. The number of rotatable bonds is 0. The topological polar surface area (TPSA) is 29.9 Å². The van der Waals surface area contributed by atoms with Crippen LogP contribution in [0.2, 0.25) is 0 Å². The van der Waals surface area contributed by atoms with Crippen molar-refractivity contribution >= 4 is 6.20 Å². The molecule has 3 heteroatoms.